The highest BCUT2D eigenvalue weighted by molar-refractivity contribution is 5.63. The molecule has 1 aromatic heterocycles. The van der Waals surface area contributed by atoms with Crippen LogP contribution < -0.4 is 5.32 Å². The van der Waals surface area contributed by atoms with Crippen molar-refractivity contribution in [2.45, 2.75) is 13.0 Å². The fourth-order valence-corrected chi connectivity index (χ4v) is 1.69. The Kier molecular flexibility index (Phi) is 3.32. The van der Waals surface area contributed by atoms with Crippen LogP contribution in [0.5, 0.6) is 0 Å². The molecular weight excluding hydrogens is 196 g/mol. The van der Waals surface area contributed by atoms with E-state index in [1.807, 2.05) is 19.3 Å². The maximum atomic E-state index is 4.14. The smallest absolute Gasteiger partial charge is 0.0346 e. The van der Waals surface area contributed by atoms with Gasteiger partial charge < -0.3 is 5.32 Å². The fourth-order valence-electron chi connectivity index (χ4n) is 1.69. The third-order valence-electron chi connectivity index (χ3n) is 2.81. The van der Waals surface area contributed by atoms with Gasteiger partial charge in [0.2, 0.25) is 0 Å². The van der Waals surface area contributed by atoms with E-state index >= 15 is 0 Å². The number of aromatic nitrogens is 1. The highest BCUT2D eigenvalue weighted by Crippen LogP contribution is 2.22. The molecule has 0 saturated heterocycles. The van der Waals surface area contributed by atoms with Gasteiger partial charge in [-0.3, -0.25) is 4.98 Å². The summed E-state index contributed by atoms with van der Waals surface area (Å²) in [4.78, 5) is 4.14. The van der Waals surface area contributed by atoms with Crippen LogP contribution in [0.25, 0.3) is 11.1 Å². The molecule has 2 nitrogen and oxygen atoms in total. The summed E-state index contributed by atoms with van der Waals surface area (Å²) < 4.78 is 0. The molecule has 1 unspecified atom stereocenters. The van der Waals surface area contributed by atoms with Crippen LogP contribution in [0.1, 0.15) is 18.5 Å². The molecule has 0 aliphatic heterocycles. The maximum absolute atomic E-state index is 4.14. The van der Waals surface area contributed by atoms with Gasteiger partial charge in [-0.05, 0) is 42.8 Å². The molecular formula is C14H16N2. The first-order chi connectivity index (χ1) is 7.81. The van der Waals surface area contributed by atoms with E-state index in [-0.39, 0.29) is 0 Å². The van der Waals surface area contributed by atoms with Crippen molar-refractivity contribution in [2.75, 3.05) is 7.05 Å². The normalized spacial score (nSPS) is 12.4. The predicted octanol–water partition coefficient (Wildman–Crippen LogP) is 3.03. The molecule has 2 heteroatoms. The summed E-state index contributed by atoms with van der Waals surface area (Å²) in [6.07, 6.45) is 3.69. The van der Waals surface area contributed by atoms with Crippen LogP contribution in [0, 0.1) is 0 Å². The Labute approximate surface area is 96.4 Å². The molecule has 2 rings (SSSR count). The molecule has 2 aromatic rings. The molecule has 0 bridgehead atoms. The number of hydrogen-bond donors (Lipinski definition) is 1. The minimum Gasteiger partial charge on any atom is -0.313 e. The Morgan fingerprint density at radius 2 is 1.94 bits per heavy atom. The highest BCUT2D eigenvalue weighted by atomic mass is 14.8. The average Bonchev–Trinajstić information content (AvgIpc) is 2.39. The molecule has 1 N–H and O–H groups in total. The van der Waals surface area contributed by atoms with Gasteiger partial charge in [-0.1, -0.05) is 24.3 Å². The zero-order valence-electron chi connectivity index (χ0n) is 9.64. The number of nitrogens with zero attached hydrogens (tertiary/aromatic N) is 1. The maximum Gasteiger partial charge on any atom is 0.0346 e. The summed E-state index contributed by atoms with van der Waals surface area (Å²) in [6, 6.07) is 13.0. The molecule has 0 amide bonds. The van der Waals surface area contributed by atoms with E-state index in [0.29, 0.717) is 6.04 Å². The summed E-state index contributed by atoms with van der Waals surface area (Å²) in [5.74, 6) is 0. The fraction of sp³-hybridized carbons (Fsp3) is 0.214. The SMILES string of the molecule is CNC(C)c1cccc(-c2cccnc2)c1. The first kappa shape index (κ1) is 10.8. The van der Waals surface area contributed by atoms with Gasteiger partial charge in [0.1, 0.15) is 0 Å². The lowest BCUT2D eigenvalue weighted by Gasteiger charge is -2.11. The Morgan fingerprint density at radius 3 is 2.62 bits per heavy atom. The summed E-state index contributed by atoms with van der Waals surface area (Å²) in [5.41, 5.74) is 3.67. The van der Waals surface area contributed by atoms with Crippen molar-refractivity contribution in [1.82, 2.24) is 10.3 Å². The van der Waals surface area contributed by atoms with Gasteiger partial charge >= 0.3 is 0 Å². The summed E-state index contributed by atoms with van der Waals surface area (Å²) in [6.45, 7) is 2.16. The monoisotopic (exact) mass is 212 g/mol. The van der Waals surface area contributed by atoms with E-state index in [2.05, 4.69) is 47.6 Å². The van der Waals surface area contributed by atoms with Crippen molar-refractivity contribution in [3.05, 3.63) is 54.4 Å². The van der Waals surface area contributed by atoms with Gasteiger partial charge in [0.15, 0.2) is 0 Å². The van der Waals surface area contributed by atoms with E-state index < -0.39 is 0 Å². The lowest BCUT2D eigenvalue weighted by molar-refractivity contribution is 0.652. The van der Waals surface area contributed by atoms with E-state index in [1.54, 1.807) is 6.20 Å². The van der Waals surface area contributed by atoms with Crippen molar-refractivity contribution < 1.29 is 0 Å². The molecule has 0 fully saturated rings. The van der Waals surface area contributed by atoms with Crippen molar-refractivity contribution in [1.29, 1.82) is 0 Å². The molecule has 1 atom stereocenters. The molecule has 0 spiro atoms. The van der Waals surface area contributed by atoms with Gasteiger partial charge in [0, 0.05) is 18.4 Å². The molecule has 0 radical (unpaired) electrons. The molecule has 1 heterocycles. The van der Waals surface area contributed by atoms with E-state index in [1.165, 1.54) is 11.1 Å². The van der Waals surface area contributed by atoms with Crippen molar-refractivity contribution >= 4 is 0 Å². The van der Waals surface area contributed by atoms with Gasteiger partial charge in [0.25, 0.3) is 0 Å². The Morgan fingerprint density at radius 1 is 1.12 bits per heavy atom. The van der Waals surface area contributed by atoms with Crippen LogP contribution in [-0.4, -0.2) is 12.0 Å². The summed E-state index contributed by atoms with van der Waals surface area (Å²) in [5, 5.41) is 3.24. The topological polar surface area (TPSA) is 24.9 Å². The molecule has 0 aliphatic carbocycles. The highest BCUT2D eigenvalue weighted by Gasteiger charge is 2.03. The second-order valence-corrected chi connectivity index (χ2v) is 3.88. The standard InChI is InChI=1S/C14H16N2/c1-11(15-2)12-5-3-6-13(9-12)14-7-4-8-16-10-14/h3-11,15H,1-2H3. The minimum absolute atomic E-state index is 0.372. The molecule has 82 valence electrons. The summed E-state index contributed by atoms with van der Waals surface area (Å²) in [7, 11) is 1.97. The van der Waals surface area contributed by atoms with E-state index in [0.717, 1.165) is 5.56 Å². The quantitative estimate of drug-likeness (QED) is 0.846. The lowest BCUT2D eigenvalue weighted by Crippen LogP contribution is -2.12. The van der Waals surface area contributed by atoms with Crippen LogP contribution in [0.2, 0.25) is 0 Å². The van der Waals surface area contributed by atoms with Gasteiger partial charge in [-0.15, -0.1) is 0 Å². The average molecular weight is 212 g/mol. The molecule has 1 aromatic carbocycles. The molecule has 0 saturated carbocycles. The zero-order valence-corrected chi connectivity index (χ0v) is 9.64. The van der Waals surface area contributed by atoms with Crippen molar-refractivity contribution in [2.24, 2.45) is 0 Å². The van der Waals surface area contributed by atoms with Gasteiger partial charge in [-0.2, -0.15) is 0 Å². The van der Waals surface area contributed by atoms with E-state index in [4.69, 9.17) is 0 Å². The molecule has 16 heavy (non-hydrogen) atoms. The number of rotatable bonds is 3. The second-order valence-electron chi connectivity index (χ2n) is 3.88. The Hall–Kier alpha value is -1.67. The first-order valence-corrected chi connectivity index (χ1v) is 5.49. The second kappa shape index (κ2) is 4.90. The van der Waals surface area contributed by atoms with Gasteiger partial charge in [-0.25, -0.2) is 0 Å². The number of benzene rings is 1. The Bertz CT molecular complexity index is 451. The third kappa shape index (κ3) is 2.28. The van der Waals surface area contributed by atoms with Crippen LogP contribution in [0.4, 0.5) is 0 Å². The number of pyridine rings is 1. The molecule has 0 aliphatic rings. The largest absolute Gasteiger partial charge is 0.313 e. The van der Waals surface area contributed by atoms with Crippen LogP contribution in [0.3, 0.4) is 0 Å². The summed E-state index contributed by atoms with van der Waals surface area (Å²) >= 11 is 0. The van der Waals surface area contributed by atoms with Crippen LogP contribution >= 0.6 is 0 Å². The van der Waals surface area contributed by atoms with E-state index in [9.17, 15) is 0 Å². The predicted molar refractivity (Wildman–Crippen MR) is 67.1 cm³/mol. The number of nitrogens with one attached hydrogen (secondary N) is 1. The van der Waals surface area contributed by atoms with Crippen molar-refractivity contribution in [3.8, 4) is 11.1 Å². The lowest BCUT2D eigenvalue weighted by atomic mass is 10.0. The third-order valence-corrected chi connectivity index (χ3v) is 2.81. The number of hydrogen-bond acceptors (Lipinski definition) is 2. The minimum atomic E-state index is 0.372. The van der Waals surface area contributed by atoms with Crippen LogP contribution in [0.15, 0.2) is 48.8 Å². The zero-order chi connectivity index (χ0) is 11.4. The van der Waals surface area contributed by atoms with Gasteiger partial charge in [0.05, 0.1) is 0 Å². The Balaban J connectivity index is 2.36. The first-order valence-electron chi connectivity index (χ1n) is 5.49. The van der Waals surface area contributed by atoms with Crippen molar-refractivity contribution in [3.63, 3.8) is 0 Å². The van der Waals surface area contributed by atoms with Crippen LogP contribution in [-0.2, 0) is 0 Å².